The predicted octanol–water partition coefficient (Wildman–Crippen LogP) is 4.55. The van der Waals surface area contributed by atoms with E-state index < -0.39 is 0 Å². The van der Waals surface area contributed by atoms with E-state index >= 15 is 0 Å². The number of anilines is 1. The van der Waals surface area contributed by atoms with Crippen LogP contribution in [0.1, 0.15) is 22.3 Å². The number of para-hydroxylation sites is 1. The third-order valence-corrected chi connectivity index (χ3v) is 6.68. The van der Waals surface area contributed by atoms with Gasteiger partial charge in [-0.05, 0) is 48.7 Å². The summed E-state index contributed by atoms with van der Waals surface area (Å²) in [6.07, 6.45) is 0. The number of fused-ring (bicyclic) bond motifs is 1. The molecule has 0 saturated carbocycles. The summed E-state index contributed by atoms with van der Waals surface area (Å²) in [6, 6.07) is 24.7. The van der Waals surface area contributed by atoms with Crippen molar-refractivity contribution in [3.8, 4) is 0 Å². The second-order valence-electron chi connectivity index (χ2n) is 9.00. The van der Waals surface area contributed by atoms with Gasteiger partial charge in [0.05, 0.1) is 18.0 Å². The number of carbonyl (C=O) groups is 1. The van der Waals surface area contributed by atoms with E-state index in [2.05, 4.69) is 60.0 Å². The van der Waals surface area contributed by atoms with E-state index in [0.717, 1.165) is 49.7 Å². The molecule has 0 N–H and O–H groups in total. The minimum absolute atomic E-state index is 0.0128. The van der Waals surface area contributed by atoms with E-state index in [4.69, 9.17) is 4.99 Å². The van der Waals surface area contributed by atoms with Crippen molar-refractivity contribution in [2.45, 2.75) is 20.4 Å². The lowest BCUT2D eigenvalue weighted by molar-refractivity contribution is -0.112. The molecule has 0 radical (unpaired) electrons. The first kappa shape index (κ1) is 21.6. The Morgan fingerprint density at radius 3 is 2.24 bits per heavy atom. The highest BCUT2D eigenvalue weighted by molar-refractivity contribution is 6.54. The molecule has 0 atom stereocenters. The van der Waals surface area contributed by atoms with Crippen LogP contribution in [0.4, 0.5) is 11.4 Å². The first-order chi connectivity index (χ1) is 16.1. The summed E-state index contributed by atoms with van der Waals surface area (Å²) in [5, 5.41) is 0. The second-order valence-corrected chi connectivity index (χ2v) is 9.00. The van der Waals surface area contributed by atoms with Gasteiger partial charge in [-0.25, -0.2) is 4.99 Å². The molecule has 168 valence electrons. The maximum Gasteiger partial charge on any atom is 0.278 e. The number of benzene rings is 3. The summed E-state index contributed by atoms with van der Waals surface area (Å²) >= 11 is 0. The van der Waals surface area contributed by atoms with E-state index in [1.807, 2.05) is 41.3 Å². The van der Waals surface area contributed by atoms with Crippen molar-refractivity contribution in [1.29, 1.82) is 0 Å². The standard InChI is InChI=1S/C28H30N4O/c1-21-12-13-24(18-22(21)2)29-27-25-10-6-7-11-26(25)32(28(27)33)20-31-16-14-30(15-17-31)19-23-8-4-3-5-9-23/h3-13,18H,14-17,19-20H2,1-2H3. The molecule has 2 aliphatic heterocycles. The lowest BCUT2D eigenvalue weighted by atomic mass is 10.1. The molecule has 0 aromatic heterocycles. The topological polar surface area (TPSA) is 39.2 Å². The van der Waals surface area contributed by atoms with Crippen molar-refractivity contribution in [3.05, 3.63) is 95.1 Å². The molecule has 5 rings (SSSR count). The van der Waals surface area contributed by atoms with Crippen molar-refractivity contribution >= 4 is 23.0 Å². The van der Waals surface area contributed by atoms with Crippen LogP contribution in [0.15, 0.2) is 77.8 Å². The van der Waals surface area contributed by atoms with Crippen LogP contribution in [0.5, 0.6) is 0 Å². The van der Waals surface area contributed by atoms with Gasteiger partial charge in [0.25, 0.3) is 5.91 Å². The summed E-state index contributed by atoms with van der Waals surface area (Å²) in [5.74, 6) is -0.0128. The molecule has 0 unspecified atom stereocenters. The van der Waals surface area contributed by atoms with Crippen LogP contribution in [0.3, 0.4) is 0 Å². The summed E-state index contributed by atoms with van der Waals surface area (Å²) in [6.45, 7) is 9.64. The molecule has 33 heavy (non-hydrogen) atoms. The fourth-order valence-corrected chi connectivity index (χ4v) is 4.56. The molecule has 0 bridgehead atoms. The molecule has 3 aromatic rings. The van der Waals surface area contributed by atoms with Crippen LogP contribution in [-0.2, 0) is 11.3 Å². The third kappa shape index (κ3) is 4.61. The smallest absolute Gasteiger partial charge is 0.278 e. The number of hydrogen-bond donors (Lipinski definition) is 0. The molecule has 5 nitrogen and oxygen atoms in total. The first-order valence-electron chi connectivity index (χ1n) is 11.6. The molecule has 2 aliphatic rings. The Hall–Kier alpha value is -3.28. The summed E-state index contributed by atoms with van der Waals surface area (Å²) < 4.78 is 0. The molecule has 1 amide bonds. The van der Waals surface area contributed by atoms with Crippen molar-refractivity contribution in [2.75, 3.05) is 37.7 Å². The van der Waals surface area contributed by atoms with E-state index in [1.165, 1.54) is 16.7 Å². The summed E-state index contributed by atoms with van der Waals surface area (Å²) in [4.78, 5) is 25.0. The minimum Gasteiger partial charge on any atom is -0.297 e. The van der Waals surface area contributed by atoms with Crippen LogP contribution in [0, 0.1) is 13.8 Å². The number of nitrogens with zero attached hydrogens (tertiary/aromatic N) is 4. The van der Waals surface area contributed by atoms with Gasteiger partial charge in [0.2, 0.25) is 0 Å². The van der Waals surface area contributed by atoms with Crippen molar-refractivity contribution < 1.29 is 4.79 Å². The number of hydrogen-bond acceptors (Lipinski definition) is 4. The lowest BCUT2D eigenvalue weighted by Gasteiger charge is -2.36. The van der Waals surface area contributed by atoms with Gasteiger partial charge >= 0.3 is 0 Å². The molecule has 0 spiro atoms. The zero-order chi connectivity index (χ0) is 22.8. The zero-order valence-electron chi connectivity index (χ0n) is 19.4. The number of aryl methyl sites for hydroxylation is 2. The van der Waals surface area contributed by atoms with Crippen LogP contribution in [0.2, 0.25) is 0 Å². The second kappa shape index (κ2) is 9.30. The Labute approximate surface area is 196 Å². The monoisotopic (exact) mass is 438 g/mol. The quantitative estimate of drug-likeness (QED) is 0.587. The van der Waals surface area contributed by atoms with Gasteiger partial charge in [-0.3, -0.25) is 19.5 Å². The fourth-order valence-electron chi connectivity index (χ4n) is 4.56. The highest BCUT2D eigenvalue weighted by Gasteiger charge is 2.35. The first-order valence-corrected chi connectivity index (χ1v) is 11.6. The van der Waals surface area contributed by atoms with Gasteiger partial charge in [-0.1, -0.05) is 54.6 Å². The molecular weight excluding hydrogens is 408 g/mol. The summed E-state index contributed by atoms with van der Waals surface area (Å²) in [7, 11) is 0. The Morgan fingerprint density at radius 2 is 1.48 bits per heavy atom. The number of amides is 1. The van der Waals surface area contributed by atoms with Crippen LogP contribution in [0.25, 0.3) is 0 Å². The largest absolute Gasteiger partial charge is 0.297 e. The molecule has 5 heteroatoms. The average molecular weight is 439 g/mol. The van der Waals surface area contributed by atoms with E-state index in [0.29, 0.717) is 12.4 Å². The Kier molecular flexibility index (Phi) is 6.07. The van der Waals surface area contributed by atoms with Crippen LogP contribution in [-0.4, -0.2) is 54.3 Å². The van der Waals surface area contributed by atoms with Gasteiger partial charge in [-0.15, -0.1) is 0 Å². The van der Waals surface area contributed by atoms with Gasteiger partial charge in [0.1, 0.15) is 5.71 Å². The number of carbonyl (C=O) groups excluding carboxylic acids is 1. The number of piperazine rings is 1. The van der Waals surface area contributed by atoms with Gasteiger partial charge < -0.3 is 0 Å². The fraction of sp³-hybridized carbons (Fsp3) is 0.286. The van der Waals surface area contributed by atoms with E-state index in [9.17, 15) is 4.79 Å². The van der Waals surface area contributed by atoms with Crippen molar-refractivity contribution in [1.82, 2.24) is 9.80 Å². The summed E-state index contributed by atoms with van der Waals surface area (Å²) in [5.41, 5.74) is 7.00. The number of rotatable bonds is 5. The highest BCUT2D eigenvalue weighted by Crippen LogP contribution is 2.31. The van der Waals surface area contributed by atoms with Gasteiger partial charge in [0.15, 0.2) is 0 Å². The molecule has 1 saturated heterocycles. The molecule has 1 fully saturated rings. The maximum atomic E-state index is 13.5. The highest BCUT2D eigenvalue weighted by atomic mass is 16.2. The minimum atomic E-state index is -0.0128. The zero-order valence-corrected chi connectivity index (χ0v) is 19.4. The molecule has 3 aromatic carbocycles. The normalized spacial score (nSPS) is 18.2. The Balaban J connectivity index is 1.30. The van der Waals surface area contributed by atoms with E-state index in [1.54, 1.807) is 0 Å². The number of aliphatic imine (C=N–C) groups is 1. The average Bonchev–Trinajstić information content (AvgIpc) is 3.09. The molecular formula is C28H30N4O. The Bertz CT molecular complexity index is 1180. The third-order valence-electron chi connectivity index (χ3n) is 6.68. The predicted molar refractivity (Wildman–Crippen MR) is 134 cm³/mol. The molecule has 0 aliphatic carbocycles. The SMILES string of the molecule is Cc1ccc(N=C2C(=O)N(CN3CCN(Cc4ccccc4)CC3)c3ccccc32)cc1C. The van der Waals surface area contributed by atoms with Crippen molar-refractivity contribution in [3.63, 3.8) is 0 Å². The lowest BCUT2D eigenvalue weighted by Crippen LogP contribution is -2.50. The maximum absolute atomic E-state index is 13.5. The van der Waals surface area contributed by atoms with Gasteiger partial charge in [0, 0.05) is 38.3 Å². The van der Waals surface area contributed by atoms with Crippen LogP contribution >= 0.6 is 0 Å². The van der Waals surface area contributed by atoms with Crippen molar-refractivity contribution in [2.24, 2.45) is 4.99 Å². The molecule has 2 heterocycles. The Morgan fingerprint density at radius 1 is 0.788 bits per heavy atom. The van der Waals surface area contributed by atoms with E-state index in [-0.39, 0.29) is 5.91 Å². The van der Waals surface area contributed by atoms with Gasteiger partial charge in [-0.2, -0.15) is 0 Å². The van der Waals surface area contributed by atoms with Crippen LogP contribution < -0.4 is 4.90 Å².